The van der Waals surface area contributed by atoms with E-state index in [4.69, 9.17) is 9.47 Å². The van der Waals surface area contributed by atoms with Crippen LogP contribution in [0.4, 0.5) is 5.69 Å². The molecule has 8 heteroatoms. The Morgan fingerprint density at radius 1 is 1.24 bits per heavy atom. The highest BCUT2D eigenvalue weighted by Gasteiger charge is 2.26. The van der Waals surface area contributed by atoms with Crippen LogP contribution in [-0.2, 0) is 9.53 Å². The number of aliphatic imine (C=N–C) groups is 1. The summed E-state index contributed by atoms with van der Waals surface area (Å²) in [6, 6.07) is 11.0. The predicted octanol–water partition coefficient (Wildman–Crippen LogP) is 3.71. The molecule has 1 aliphatic heterocycles. The van der Waals surface area contributed by atoms with Gasteiger partial charge in [-0.2, -0.15) is 0 Å². The number of carbonyl (C=O) groups is 1. The van der Waals surface area contributed by atoms with E-state index in [0.29, 0.717) is 16.9 Å². The summed E-state index contributed by atoms with van der Waals surface area (Å²) in [5, 5.41) is 10.7. The molecule has 7 nitrogen and oxygen atoms in total. The largest absolute Gasteiger partial charge is 0.496 e. The van der Waals surface area contributed by atoms with Gasteiger partial charge in [-0.15, -0.1) is 0 Å². The molecule has 25 heavy (non-hydrogen) atoms. The maximum absolute atomic E-state index is 12.1. The molecule has 0 spiro atoms. The Morgan fingerprint density at radius 2 is 1.96 bits per heavy atom. The number of rotatable bonds is 4. The third-order valence-electron chi connectivity index (χ3n) is 3.42. The van der Waals surface area contributed by atoms with Crippen molar-refractivity contribution in [3.63, 3.8) is 0 Å². The first-order valence-corrected chi connectivity index (χ1v) is 7.88. The van der Waals surface area contributed by atoms with Crippen LogP contribution in [0.25, 0.3) is 6.08 Å². The summed E-state index contributed by atoms with van der Waals surface area (Å²) in [6.45, 7) is 0. The molecule has 0 unspecified atom stereocenters. The zero-order chi connectivity index (χ0) is 18.0. The highest BCUT2D eigenvalue weighted by molar-refractivity contribution is 9.10. The number of nitro groups is 1. The van der Waals surface area contributed by atoms with Gasteiger partial charge in [0.05, 0.1) is 17.6 Å². The Bertz CT molecular complexity index is 919. The molecule has 2 aromatic carbocycles. The Hall–Kier alpha value is -3.00. The second kappa shape index (κ2) is 6.86. The first kappa shape index (κ1) is 16.8. The molecule has 126 valence electrons. The van der Waals surface area contributed by atoms with Gasteiger partial charge in [-0.1, -0.05) is 15.9 Å². The van der Waals surface area contributed by atoms with Crippen LogP contribution in [0.3, 0.4) is 0 Å². The lowest BCUT2D eigenvalue weighted by molar-refractivity contribution is -0.384. The number of ether oxygens (including phenoxy) is 2. The van der Waals surface area contributed by atoms with E-state index in [9.17, 15) is 14.9 Å². The first-order chi connectivity index (χ1) is 12.0. The monoisotopic (exact) mass is 402 g/mol. The van der Waals surface area contributed by atoms with Gasteiger partial charge in [0.25, 0.3) is 5.69 Å². The first-order valence-electron chi connectivity index (χ1n) is 7.09. The minimum Gasteiger partial charge on any atom is -0.496 e. The fourth-order valence-corrected chi connectivity index (χ4v) is 2.58. The van der Waals surface area contributed by atoms with Crippen molar-refractivity contribution in [1.29, 1.82) is 0 Å². The van der Waals surface area contributed by atoms with Gasteiger partial charge in [0, 0.05) is 16.6 Å². The highest BCUT2D eigenvalue weighted by Crippen LogP contribution is 2.28. The van der Waals surface area contributed by atoms with Crippen LogP contribution in [0.1, 0.15) is 11.1 Å². The zero-order valence-corrected chi connectivity index (χ0v) is 14.5. The summed E-state index contributed by atoms with van der Waals surface area (Å²) in [4.78, 5) is 26.5. The molecule has 2 aromatic rings. The van der Waals surface area contributed by atoms with E-state index in [1.54, 1.807) is 18.2 Å². The topological polar surface area (TPSA) is 91.0 Å². The number of halogens is 1. The number of methoxy groups -OCH3 is 1. The fraction of sp³-hybridized carbons (Fsp3) is 0.0588. The molecule has 0 N–H and O–H groups in total. The van der Waals surface area contributed by atoms with E-state index in [0.717, 1.165) is 4.47 Å². The SMILES string of the molecule is COc1ccc(Br)cc1C1=N/C(=C\c2ccc([N+](=O)[O-])cc2)C(=O)O1. The van der Waals surface area contributed by atoms with E-state index in [1.807, 2.05) is 0 Å². The second-order valence-electron chi connectivity index (χ2n) is 5.03. The second-order valence-corrected chi connectivity index (χ2v) is 5.94. The van der Waals surface area contributed by atoms with Gasteiger partial charge in [0.1, 0.15) is 5.75 Å². The molecule has 0 aliphatic carbocycles. The summed E-state index contributed by atoms with van der Waals surface area (Å²) < 4.78 is 11.3. The van der Waals surface area contributed by atoms with E-state index in [-0.39, 0.29) is 17.3 Å². The number of benzene rings is 2. The Labute approximate surface area is 150 Å². The molecule has 0 amide bonds. The average Bonchev–Trinajstić information content (AvgIpc) is 2.96. The number of non-ortho nitro benzene ring substituents is 1. The molecule has 3 rings (SSSR count). The molecule has 0 saturated heterocycles. The summed E-state index contributed by atoms with van der Waals surface area (Å²) in [7, 11) is 1.51. The molecule has 1 aliphatic rings. The van der Waals surface area contributed by atoms with Gasteiger partial charge in [0.2, 0.25) is 5.90 Å². The van der Waals surface area contributed by atoms with Crippen LogP contribution in [0.5, 0.6) is 5.75 Å². The summed E-state index contributed by atoms with van der Waals surface area (Å²) in [5.41, 5.74) is 1.21. The van der Waals surface area contributed by atoms with Crippen molar-refractivity contribution in [2.24, 2.45) is 4.99 Å². The highest BCUT2D eigenvalue weighted by atomic mass is 79.9. The normalized spacial score (nSPS) is 15.0. The maximum atomic E-state index is 12.1. The predicted molar refractivity (Wildman–Crippen MR) is 94.4 cm³/mol. The number of esters is 1. The zero-order valence-electron chi connectivity index (χ0n) is 12.9. The van der Waals surface area contributed by atoms with Crippen molar-refractivity contribution < 1.29 is 19.2 Å². The standard InChI is InChI=1S/C17H11BrN2O5/c1-24-15-7-4-11(18)9-13(15)16-19-14(17(21)25-16)8-10-2-5-12(6-3-10)20(22)23/h2-9H,1H3/b14-8-. The summed E-state index contributed by atoms with van der Waals surface area (Å²) in [5.74, 6) is 0.0537. The molecular weight excluding hydrogens is 392 g/mol. The number of hydrogen-bond acceptors (Lipinski definition) is 6. The van der Waals surface area contributed by atoms with Crippen molar-refractivity contribution in [3.05, 3.63) is 73.9 Å². The molecule has 0 aromatic heterocycles. The third-order valence-corrected chi connectivity index (χ3v) is 3.91. The van der Waals surface area contributed by atoms with Gasteiger partial charge in [-0.3, -0.25) is 10.1 Å². The lowest BCUT2D eigenvalue weighted by Gasteiger charge is -2.07. The number of nitrogens with zero attached hydrogens (tertiary/aromatic N) is 2. The van der Waals surface area contributed by atoms with Crippen molar-refractivity contribution in [1.82, 2.24) is 0 Å². The molecule has 0 fully saturated rings. The van der Waals surface area contributed by atoms with E-state index in [2.05, 4.69) is 20.9 Å². The number of cyclic esters (lactones) is 1. The number of hydrogen-bond donors (Lipinski definition) is 0. The molecule has 0 saturated carbocycles. The quantitative estimate of drug-likeness (QED) is 0.336. The Morgan fingerprint density at radius 3 is 2.60 bits per heavy atom. The van der Waals surface area contributed by atoms with Gasteiger partial charge in [0.15, 0.2) is 5.70 Å². The van der Waals surface area contributed by atoms with Crippen LogP contribution >= 0.6 is 15.9 Å². The maximum Gasteiger partial charge on any atom is 0.363 e. The minimum absolute atomic E-state index is 0.0285. The Kier molecular flexibility index (Phi) is 4.62. The van der Waals surface area contributed by atoms with Gasteiger partial charge < -0.3 is 9.47 Å². The van der Waals surface area contributed by atoms with Crippen LogP contribution in [0.2, 0.25) is 0 Å². The molecular formula is C17H11BrN2O5. The van der Waals surface area contributed by atoms with Gasteiger partial charge in [-0.05, 0) is 42.0 Å². The Balaban J connectivity index is 1.95. The molecule has 0 atom stereocenters. The van der Waals surface area contributed by atoms with Crippen molar-refractivity contribution in [2.75, 3.05) is 7.11 Å². The van der Waals surface area contributed by atoms with Crippen LogP contribution in [0, 0.1) is 10.1 Å². The van der Waals surface area contributed by atoms with Crippen LogP contribution in [0.15, 0.2) is 57.6 Å². The third kappa shape index (κ3) is 3.58. The fourth-order valence-electron chi connectivity index (χ4n) is 2.22. The summed E-state index contributed by atoms with van der Waals surface area (Å²) >= 11 is 3.35. The molecule has 0 radical (unpaired) electrons. The van der Waals surface area contributed by atoms with Gasteiger partial charge >= 0.3 is 5.97 Å². The number of nitro benzene ring substituents is 1. The molecule has 0 bridgehead atoms. The lowest BCUT2D eigenvalue weighted by atomic mass is 10.2. The minimum atomic E-state index is -0.601. The van der Waals surface area contributed by atoms with Crippen molar-refractivity contribution in [2.45, 2.75) is 0 Å². The van der Waals surface area contributed by atoms with E-state index >= 15 is 0 Å². The summed E-state index contributed by atoms with van der Waals surface area (Å²) in [6.07, 6.45) is 1.50. The van der Waals surface area contributed by atoms with Crippen LogP contribution < -0.4 is 4.74 Å². The van der Waals surface area contributed by atoms with Crippen LogP contribution in [-0.4, -0.2) is 23.9 Å². The van der Waals surface area contributed by atoms with E-state index in [1.165, 1.54) is 37.5 Å². The smallest absolute Gasteiger partial charge is 0.363 e. The lowest BCUT2D eigenvalue weighted by Crippen LogP contribution is -2.07. The molecule has 1 heterocycles. The van der Waals surface area contributed by atoms with Gasteiger partial charge in [-0.25, -0.2) is 9.79 Å². The average molecular weight is 403 g/mol. The van der Waals surface area contributed by atoms with Crippen molar-refractivity contribution >= 4 is 39.6 Å². The van der Waals surface area contributed by atoms with E-state index < -0.39 is 10.9 Å². The van der Waals surface area contributed by atoms with Crippen molar-refractivity contribution in [3.8, 4) is 5.75 Å². The number of carbonyl (C=O) groups excluding carboxylic acids is 1.